The Morgan fingerprint density at radius 3 is 2.57 bits per heavy atom. The third-order valence-electron chi connectivity index (χ3n) is 3.47. The fraction of sp³-hybridized carbons (Fsp3) is 0.474. The fourth-order valence-corrected chi connectivity index (χ4v) is 1.98. The lowest BCUT2D eigenvalue weighted by Gasteiger charge is -2.32. The highest BCUT2D eigenvalue weighted by molar-refractivity contribution is 5.47. The molecule has 0 aliphatic carbocycles. The lowest BCUT2D eigenvalue weighted by molar-refractivity contribution is 0.356. The van der Waals surface area contributed by atoms with Gasteiger partial charge >= 0.3 is 0 Å². The van der Waals surface area contributed by atoms with Crippen LogP contribution in [0.1, 0.15) is 27.7 Å². The number of hydrogen-bond acceptors (Lipinski definition) is 4. The zero-order valence-corrected chi connectivity index (χ0v) is 15.2. The van der Waals surface area contributed by atoms with E-state index in [0.717, 1.165) is 29.5 Å². The third-order valence-corrected chi connectivity index (χ3v) is 3.47. The Morgan fingerprint density at radius 2 is 2.00 bits per heavy atom. The molecule has 4 heteroatoms. The van der Waals surface area contributed by atoms with Crippen molar-refractivity contribution in [3.05, 3.63) is 48.8 Å². The first-order valence-corrected chi connectivity index (χ1v) is 8.00. The van der Waals surface area contributed by atoms with Crippen molar-refractivity contribution in [2.24, 2.45) is 5.92 Å². The van der Waals surface area contributed by atoms with Crippen LogP contribution >= 0.6 is 0 Å². The highest BCUT2D eigenvalue weighted by Crippen LogP contribution is 2.19. The molecule has 126 valence electrons. The summed E-state index contributed by atoms with van der Waals surface area (Å²) in [5, 5.41) is 6.48. The quantitative estimate of drug-likeness (QED) is 0.738. The summed E-state index contributed by atoms with van der Waals surface area (Å²) in [5.74, 6) is 8.67. The van der Waals surface area contributed by atoms with Gasteiger partial charge in [-0.15, -0.1) is 0 Å². The molecule has 2 N–H and O–H groups in total. The van der Waals surface area contributed by atoms with Gasteiger partial charge in [0.15, 0.2) is 0 Å². The van der Waals surface area contributed by atoms with Gasteiger partial charge in [0.05, 0.1) is 17.9 Å². The average molecular weight is 314 g/mol. The molecule has 1 aliphatic rings. The zero-order chi connectivity index (χ0) is 17.6. The second-order valence-corrected chi connectivity index (χ2v) is 6.47. The van der Waals surface area contributed by atoms with Gasteiger partial charge in [0, 0.05) is 31.5 Å². The van der Waals surface area contributed by atoms with Crippen molar-refractivity contribution in [3.8, 4) is 11.8 Å². The predicted molar refractivity (Wildman–Crippen MR) is 98.9 cm³/mol. The number of nitrogens with zero attached hydrogens (tertiary/aromatic N) is 2. The largest absolute Gasteiger partial charge is 0.372 e. The normalized spacial score (nSPS) is 14.2. The molecule has 0 aromatic rings. The Labute approximate surface area is 141 Å². The first-order valence-electron chi connectivity index (χ1n) is 8.00. The Balaban J connectivity index is 2.67. The van der Waals surface area contributed by atoms with Crippen molar-refractivity contribution in [3.63, 3.8) is 0 Å². The van der Waals surface area contributed by atoms with Crippen LogP contribution in [-0.4, -0.2) is 36.0 Å². The molecule has 0 spiro atoms. The molecule has 0 fully saturated rings. The van der Waals surface area contributed by atoms with E-state index in [-0.39, 0.29) is 0 Å². The van der Waals surface area contributed by atoms with E-state index < -0.39 is 0 Å². The second-order valence-electron chi connectivity index (χ2n) is 6.47. The lowest BCUT2D eigenvalue weighted by Crippen LogP contribution is -2.36. The zero-order valence-electron chi connectivity index (χ0n) is 15.2. The molecular weight excluding hydrogens is 284 g/mol. The maximum absolute atomic E-state index is 4.03. The van der Waals surface area contributed by atoms with Crippen molar-refractivity contribution >= 4 is 0 Å². The van der Waals surface area contributed by atoms with Gasteiger partial charge in [-0.2, -0.15) is 0 Å². The van der Waals surface area contributed by atoms with Crippen LogP contribution in [0.15, 0.2) is 48.8 Å². The average Bonchev–Trinajstić information content (AvgIpc) is 2.46. The van der Waals surface area contributed by atoms with Crippen molar-refractivity contribution < 1.29 is 0 Å². The van der Waals surface area contributed by atoms with Crippen LogP contribution in [0.4, 0.5) is 0 Å². The minimum Gasteiger partial charge on any atom is -0.372 e. The van der Waals surface area contributed by atoms with Gasteiger partial charge in [0.1, 0.15) is 5.82 Å². The second kappa shape index (κ2) is 8.38. The smallest absolute Gasteiger partial charge is 0.103 e. The number of nitrogens with one attached hydrogen (secondary N) is 2. The number of allylic oxidation sites excluding steroid dienone is 1. The van der Waals surface area contributed by atoms with Gasteiger partial charge in [0.2, 0.25) is 0 Å². The summed E-state index contributed by atoms with van der Waals surface area (Å²) in [4.78, 5) is 4.07. The van der Waals surface area contributed by atoms with Gasteiger partial charge in [-0.25, -0.2) is 0 Å². The molecular formula is C19H30N4. The summed E-state index contributed by atoms with van der Waals surface area (Å²) in [7, 11) is 1.98. The minimum absolute atomic E-state index is 0.322. The monoisotopic (exact) mass is 314 g/mol. The topological polar surface area (TPSA) is 30.5 Å². The molecule has 0 aromatic carbocycles. The van der Waals surface area contributed by atoms with Gasteiger partial charge in [-0.3, -0.25) is 0 Å². The minimum atomic E-state index is 0.322. The van der Waals surface area contributed by atoms with E-state index in [1.807, 2.05) is 18.1 Å². The summed E-state index contributed by atoms with van der Waals surface area (Å²) in [6.45, 7) is 22.1. The Bertz CT molecular complexity index is 558. The van der Waals surface area contributed by atoms with E-state index in [0.29, 0.717) is 18.5 Å². The van der Waals surface area contributed by atoms with Crippen LogP contribution in [0.2, 0.25) is 0 Å². The fourth-order valence-electron chi connectivity index (χ4n) is 1.98. The summed E-state index contributed by atoms with van der Waals surface area (Å²) in [6.07, 6.45) is 2.00. The van der Waals surface area contributed by atoms with Crippen LogP contribution in [0.25, 0.3) is 0 Å². The molecule has 1 aliphatic heterocycles. The Kier molecular flexibility index (Phi) is 6.84. The molecule has 0 saturated heterocycles. The Hall–Kier alpha value is -2.28. The molecule has 1 heterocycles. The van der Waals surface area contributed by atoms with Gasteiger partial charge in [-0.1, -0.05) is 45.4 Å². The molecule has 0 saturated carbocycles. The lowest BCUT2D eigenvalue weighted by atomic mass is 10.1. The van der Waals surface area contributed by atoms with Crippen molar-refractivity contribution in [2.45, 2.75) is 33.7 Å². The van der Waals surface area contributed by atoms with Crippen molar-refractivity contribution in [1.29, 1.82) is 0 Å². The van der Waals surface area contributed by atoms with Crippen LogP contribution < -0.4 is 10.6 Å². The van der Waals surface area contributed by atoms with Crippen LogP contribution in [0.5, 0.6) is 0 Å². The summed E-state index contributed by atoms with van der Waals surface area (Å²) < 4.78 is 0. The van der Waals surface area contributed by atoms with E-state index in [2.05, 4.69) is 74.8 Å². The standard InChI is InChI=1S/C19H30N4/c1-14(2)12-20-17(6)22(8)11-9-10-19-13-23(15(3)4)18(7)21-16(19)5/h13-15,20-21H,5-7,11-12H2,1-4,8H3. The van der Waals surface area contributed by atoms with Crippen LogP contribution in [0, 0.1) is 17.8 Å². The number of rotatable bonds is 6. The van der Waals surface area contributed by atoms with E-state index in [1.54, 1.807) is 0 Å². The molecule has 0 unspecified atom stereocenters. The van der Waals surface area contributed by atoms with Crippen molar-refractivity contribution in [2.75, 3.05) is 20.1 Å². The third kappa shape index (κ3) is 5.78. The molecule has 0 aromatic heterocycles. The molecule has 0 bridgehead atoms. The molecule has 1 rings (SSSR count). The van der Waals surface area contributed by atoms with Crippen LogP contribution in [-0.2, 0) is 0 Å². The summed E-state index contributed by atoms with van der Waals surface area (Å²) >= 11 is 0. The van der Waals surface area contributed by atoms with E-state index >= 15 is 0 Å². The first-order chi connectivity index (χ1) is 10.7. The molecule has 0 atom stereocenters. The SMILES string of the molecule is C=C1NC(=C)N(C(C)C)C=C1C#CCN(C)C(=C)NCC(C)C. The van der Waals surface area contributed by atoms with Crippen molar-refractivity contribution in [1.82, 2.24) is 20.4 Å². The maximum atomic E-state index is 4.03. The number of hydrogen-bond donors (Lipinski definition) is 2. The van der Waals surface area contributed by atoms with Gasteiger partial charge in [-0.05, 0) is 19.8 Å². The summed E-state index contributed by atoms with van der Waals surface area (Å²) in [5.41, 5.74) is 1.68. The van der Waals surface area contributed by atoms with E-state index in [9.17, 15) is 0 Å². The predicted octanol–water partition coefficient (Wildman–Crippen LogP) is 2.82. The highest BCUT2D eigenvalue weighted by Gasteiger charge is 2.17. The molecule has 23 heavy (non-hydrogen) atoms. The van der Waals surface area contributed by atoms with E-state index in [4.69, 9.17) is 0 Å². The van der Waals surface area contributed by atoms with Crippen LogP contribution in [0.3, 0.4) is 0 Å². The Morgan fingerprint density at radius 1 is 1.35 bits per heavy atom. The molecule has 0 amide bonds. The first kappa shape index (κ1) is 18.8. The van der Waals surface area contributed by atoms with Gasteiger partial charge < -0.3 is 20.4 Å². The summed E-state index contributed by atoms with van der Waals surface area (Å²) in [6, 6.07) is 0.322. The van der Waals surface area contributed by atoms with Gasteiger partial charge in [0.25, 0.3) is 0 Å². The molecule has 4 nitrogen and oxygen atoms in total. The maximum Gasteiger partial charge on any atom is 0.103 e. The highest BCUT2D eigenvalue weighted by atomic mass is 15.3. The van der Waals surface area contributed by atoms with E-state index in [1.165, 1.54) is 0 Å². The molecule has 0 radical (unpaired) electrons.